The highest BCUT2D eigenvalue weighted by molar-refractivity contribution is 7.26. The van der Waals surface area contributed by atoms with Crippen molar-refractivity contribution in [1.29, 1.82) is 0 Å². The first kappa shape index (κ1) is 67.9. The molecular weight excluding hydrogens is 1410 g/mol. The molecular formula is C103H68N8S2. The summed E-state index contributed by atoms with van der Waals surface area (Å²) in [6.07, 6.45) is 0. The summed E-state index contributed by atoms with van der Waals surface area (Å²) in [5.74, 6) is 3.90. The highest BCUT2D eigenvalue weighted by atomic mass is 32.1. The Balaban J connectivity index is 0.000000146. The molecule has 0 bridgehead atoms. The standard InChI is InChI=1S/2C51H32N4S.CH4/c1-4-16-33(17-5-1)49-52-50(34-18-6-2-7-19-34)54-51(53-49)44-31-36(30-43-42-25-13-15-27-47(42)56-48(43)44)39-23-11-10-22-38(39)35-28-29-41-40-24-12-14-26-45(40)55(46(41)32-35)37-20-8-3-9-21-37;1-3-15-34(16-4-1)49-52-50(35-17-5-2-6-18-35)54-51(53-49)36-29-27-33(28-30-36)42-31-37(32-43-41-22-10-14-26-47(41)56-48(42)43)38-19-7-11-23-44(38)55-45-24-12-8-20-39(45)40-21-9-13-25-46(40)55;/h2*1-32H;1H4. The third kappa shape index (κ3) is 12.3. The van der Waals surface area contributed by atoms with Crippen molar-refractivity contribution in [2.24, 2.45) is 0 Å². The SMILES string of the molecule is C.c1ccc(-c2nc(-c3ccccc3)nc(-c3cc(-c4ccccc4-c4ccc5c6ccccc6n(-c6ccccc6)c5c4)cc4c3sc3ccccc34)n2)cc1.c1ccc(-c2nc(-c3ccccc3)nc(-c3ccc(-c4cc(-c5ccccc5-n5c6ccccc6c6ccccc65)cc5c4sc4ccccc45)cc3)n2)cc1. The molecule has 10 heteroatoms. The Hall–Kier alpha value is -14.4. The van der Waals surface area contributed by atoms with E-state index in [2.05, 4.69) is 300 Å². The predicted molar refractivity (Wildman–Crippen MR) is 475 cm³/mol. The highest BCUT2D eigenvalue weighted by Gasteiger charge is 2.24. The molecule has 0 fully saturated rings. The van der Waals surface area contributed by atoms with Gasteiger partial charge in [0.25, 0.3) is 0 Å². The molecule has 113 heavy (non-hydrogen) atoms. The second kappa shape index (κ2) is 28.9. The Labute approximate surface area is 660 Å². The summed E-state index contributed by atoms with van der Waals surface area (Å²) in [5.41, 5.74) is 22.1. The Kier molecular flexibility index (Phi) is 17.3. The lowest BCUT2D eigenvalue weighted by Crippen LogP contribution is -2.00. The fraction of sp³-hybridized carbons (Fsp3) is 0.00971. The average molecular weight is 1480 g/mol. The zero-order valence-electron chi connectivity index (χ0n) is 60.3. The second-order valence-electron chi connectivity index (χ2n) is 28.0. The molecule has 0 atom stereocenters. The van der Waals surface area contributed by atoms with E-state index < -0.39 is 0 Å². The maximum atomic E-state index is 5.21. The number of hydrogen-bond donors (Lipinski definition) is 0. The van der Waals surface area contributed by atoms with E-state index in [-0.39, 0.29) is 7.43 Å². The maximum absolute atomic E-state index is 5.21. The van der Waals surface area contributed by atoms with Crippen LogP contribution < -0.4 is 0 Å². The van der Waals surface area contributed by atoms with E-state index in [9.17, 15) is 0 Å². The van der Waals surface area contributed by atoms with Crippen molar-refractivity contribution in [2.45, 2.75) is 7.43 Å². The minimum Gasteiger partial charge on any atom is -0.309 e. The summed E-state index contributed by atoms with van der Waals surface area (Å²) in [5, 5.41) is 9.93. The van der Waals surface area contributed by atoms with Crippen LogP contribution in [-0.2, 0) is 0 Å². The van der Waals surface area contributed by atoms with E-state index in [4.69, 9.17) is 29.9 Å². The number of thiophene rings is 2. The van der Waals surface area contributed by atoms with Gasteiger partial charge in [0.1, 0.15) is 0 Å². The van der Waals surface area contributed by atoms with Crippen molar-refractivity contribution in [3.8, 4) is 124 Å². The van der Waals surface area contributed by atoms with Crippen LogP contribution in [0.1, 0.15) is 7.43 Å². The van der Waals surface area contributed by atoms with E-state index in [1.807, 2.05) is 108 Å². The number of para-hydroxylation sites is 5. The topological polar surface area (TPSA) is 87.2 Å². The van der Waals surface area contributed by atoms with Gasteiger partial charge in [0.15, 0.2) is 34.9 Å². The number of hydrogen-bond acceptors (Lipinski definition) is 8. The second-order valence-corrected chi connectivity index (χ2v) is 30.1. The molecule has 0 N–H and O–H groups in total. The Bertz CT molecular complexity index is 7190. The molecule has 0 saturated heterocycles. The van der Waals surface area contributed by atoms with Crippen LogP contribution >= 0.6 is 22.7 Å². The van der Waals surface area contributed by atoms with Gasteiger partial charge in [-0.25, -0.2) is 29.9 Å². The predicted octanol–water partition coefficient (Wildman–Crippen LogP) is 28.0. The molecule has 0 aliphatic rings. The van der Waals surface area contributed by atoms with Gasteiger partial charge in [0.2, 0.25) is 0 Å². The van der Waals surface area contributed by atoms with E-state index in [1.54, 1.807) is 11.3 Å². The smallest absolute Gasteiger partial charge is 0.165 e. The summed E-state index contributed by atoms with van der Waals surface area (Å²) in [6.45, 7) is 0. The first-order valence-electron chi connectivity index (χ1n) is 37.6. The number of fused-ring (bicyclic) bond motifs is 12. The lowest BCUT2D eigenvalue weighted by molar-refractivity contribution is 1.07. The first-order chi connectivity index (χ1) is 55.5. The molecule has 8 nitrogen and oxygen atoms in total. The zero-order chi connectivity index (χ0) is 74.0. The van der Waals surface area contributed by atoms with Crippen molar-refractivity contribution in [2.75, 3.05) is 0 Å². The van der Waals surface area contributed by atoms with Crippen molar-refractivity contribution in [3.05, 3.63) is 388 Å². The fourth-order valence-corrected chi connectivity index (χ4v) is 18.5. The van der Waals surface area contributed by atoms with Crippen molar-refractivity contribution in [1.82, 2.24) is 39.0 Å². The monoisotopic (exact) mass is 1480 g/mol. The fourth-order valence-electron chi connectivity index (χ4n) is 16.1. The van der Waals surface area contributed by atoms with Crippen LogP contribution in [0, 0.1) is 0 Å². The Morgan fingerprint density at radius 1 is 0.186 bits per heavy atom. The van der Waals surface area contributed by atoms with Gasteiger partial charge in [0.05, 0.1) is 27.8 Å². The Morgan fingerprint density at radius 2 is 0.513 bits per heavy atom. The molecule has 16 aromatic carbocycles. The maximum Gasteiger partial charge on any atom is 0.165 e. The normalized spacial score (nSPS) is 11.5. The van der Waals surface area contributed by atoms with Crippen molar-refractivity contribution in [3.63, 3.8) is 0 Å². The van der Waals surface area contributed by atoms with E-state index in [1.165, 1.54) is 95.9 Å². The molecule has 0 aliphatic carbocycles. The molecule has 0 unspecified atom stereocenters. The molecule has 6 aromatic heterocycles. The average Bonchev–Trinajstić information content (AvgIpc) is 1.63. The van der Waals surface area contributed by atoms with E-state index >= 15 is 0 Å². The minimum atomic E-state index is 0. The van der Waals surface area contributed by atoms with Gasteiger partial charge in [-0.2, -0.15) is 0 Å². The van der Waals surface area contributed by atoms with Crippen LogP contribution in [0.15, 0.2) is 388 Å². The molecule has 0 radical (unpaired) electrons. The van der Waals surface area contributed by atoms with Crippen molar-refractivity contribution >= 4 is 107 Å². The van der Waals surface area contributed by atoms with Gasteiger partial charge < -0.3 is 9.13 Å². The highest BCUT2D eigenvalue weighted by Crippen LogP contribution is 2.48. The molecule has 22 aromatic rings. The van der Waals surface area contributed by atoms with Gasteiger partial charge in [-0.05, 0) is 112 Å². The third-order valence-corrected chi connectivity index (χ3v) is 23.8. The summed E-state index contributed by atoms with van der Waals surface area (Å²) < 4.78 is 9.75. The molecule has 0 saturated carbocycles. The van der Waals surface area contributed by atoms with Gasteiger partial charge in [-0.1, -0.05) is 317 Å². The van der Waals surface area contributed by atoms with E-state index in [0.717, 1.165) is 77.3 Å². The minimum absolute atomic E-state index is 0. The van der Waals surface area contributed by atoms with Crippen LogP contribution in [0.25, 0.3) is 208 Å². The number of aromatic nitrogens is 8. The molecule has 6 heterocycles. The summed E-state index contributed by atoms with van der Waals surface area (Å²) in [6, 6.07) is 137. The molecule has 0 aliphatic heterocycles. The van der Waals surface area contributed by atoms with Crippen LogP contribution in [0.2, 0.25) is 0 Å². The third-order valence-electron chi connectivity index (χ3n) is 21.3. The van der Waals surface area contributed by atoms with Gasteiger partial charge in [0, 0.05) is 112 Å². The van der Waals surface area contributed by atoms with Gasteiger partial charge >= 0.3 is 0 Å². The molecule has 22 rings (SSSR count). The lowest BCUT2D eigenvalue weighted by atomic mass is 9.92. The number of benzene rings is 16. The van der Waals surface area contributed by atoms with Crippen LogP contribution in [0.3, 0.4) is 0 Å². The lowest BCUT2D eigenvalue weighted by Gasteiger charge is -2.16. The summed E-state index contributed by atoms with van der Waals surface area (Å²) in [7, 11) is 0. The molecule has 0 spiro atoms. The van der Waals surface area contributed by atoms with E-state index in [0.29, 0.717) is 34.9 Å². The van der Waals surface area contributed by atoms with Crippen molar-refractivity contribution < 1.29 is 0 Å². The van der Waals surface area contributed by atoms with Crippen LogP contribution in [0.4, 0.5) is 0 Å². The summed E-state index contributed by atoms with van der Waals surface area (Å²) >= 11 is 3.64. The van der Waals surface area contributed by atoms with Gasteiger partial charge in [-0.15, -0.1) is 22.7 Å². The van der Waals surface area contributed by atoms with Crippen LogP contribution in [0.5, 0.6) is 0 Å². The largest absolute Gasteiger partial charge is 0.309 e. The Morgan fingerprint density at radius 3 is 1.00 bits per heavy atom. The van der Waals surface area contributed by atoms with Gasteiger partial charge in [-0.3, -0.25) is 0 Å². The number of nitrogens with zero attached hydrogens (tertiary/aromatic N) is 8. The quantitative estimate of drug-likeness (QED) is 0.121. The first-order valence-corrected chi connectivity index (χ1v) is 39.2. The number of rotatable bonds is 12. The van der Waals surface area contributed by atoms with Crippen LogP contribution in [-0.4, -0.2) is 39.0 Å². The molecule has 0 amide bonds. The summed E-state index contributed by atoms with van der Waals surface area (Å²) in [4.78, 5) is 30.3. The molecule has 532 valence electrons. The zero-order valence-corrected chi connectivity index (χ0v) is 62.0.